The quantitative estimate of drug-likeness (QED) is 0.754. The lowest BCUT2D eigenvalue weighted by molar-refractivity contribution is -0.125. The average molecular weight is 226 g/mol. The summed E-state index contributed by atoms with van der Waals surface area (Å²) in [5.74, 6) is 0.905. The molecule has 0 heterocycles. The zero-order chi connectivity index (χ0) is 12.0. The summed E-state index contributed by atoms with van der Waals surface area (Å²) in [6.07, 6.45) is 7.33. The lowest BCUT2D eigenvalue weighted by Gasteiger charge is -2.29. The lowest BCUT2D eigenvalue weighted by Crippen LogP contribution is -2.41. The van der Waals surface area contributed by atoms with Crippen LogP contribution in [0.4, 0.5) is 0 Å². The summed E-state index contributed by atoms with van der Waals surface area (Å²) in [7, 11) is 0. The Morgan fingerprint density at radius 3 is 2.50 bits per heavy atom. The van der Waals surface area contributed by atoms with E-state index in [4.69, 9.17) is 5.73 Å². The van der Waals surface area contributed by atoms with Crippen LogP contribution in [0, 0.1) is 11.8 Å². The van der Waals surface area contributed by atoms with Gasteiger partial charge in [0.05, 0.1) is 0 Å². The van der Waals surface area contributed by atoms with Gasteiger partial charge < -0.3 is 11.1 Å². The first-order valence-electron chi connectivity index (χ1n) is 6.65. The van der Waals surface area contributed by atoms with Crippen molar-refractivity contribution in [3.05, 3.63) is 0 Å². The molecule has 3 heteroatoms. The molecule has 16 heavy (non-hydrogen) atoms. The van der Waals surface area contributed by atoms with Crippen LogP contribution in [0.3, 0.4) is 0 Å². The van der Waals surface area contributed by atoms with Crippen molar-refractivity contribution in [1.29, 1.82) is 0 Å². The normalized spacial score (nSPS) is 21.4. The molecule has 1 rings (SSSR count). The van der Waals surface area contributed by atoms with Crippen LogP contribution in [0.2, 0.25) is 0 Å². The van der Waals surface area contributed by atoms with Gasteiger partial charge in [-0.15, -0.1) is 0 Å². The minimum atomic E-state index is 0.0519. The third-order valence-corrected chi connectivity index (χ3v) is 3.77. The Bertz CT molecular complexity index is 212. The summed E-state index contributed by atoms with van der Waals surface area (Å²) in [5.41, 5.74) is 5.46. The van der Waals surface area contributed by atoms with Gasteiger partial charge in [0.15, 0.2) is 0 Å². The van der Waals surface area contributed by atoms with Gasteiger partial charge in [-0.1, -0.05) is 26.2 Å². The Balaban J connectivity index is 2.31. The number of hydrogen-bond donors (Lipinski definition) is 2. The second-order valence-electron chi connectivity index (χ2n) is 5.17. The van der Waals surface area contributed by atoms with Gasteiger partial charge in [-0.05, 0) is 38.6 Å². The Labute approximate surface area is 99.2 Å². The maximum Gasteiger partial charge on any atom is 0.223 e. The molecule has 0 bridgehead atoms. The Kier molecular flexibility index (Phi) is 5.81. The van der Waals surface area contributed by atoms with E-state index in [0.29, 0.717) is 18.5 Å². The van der Waals surface area contributed by atoms with Gasteiger partial charge in [0, 0.05) is 12.0 Å². The third kappa shape index (κ3) is 4.12. The van der Waals surface area contributed by atoms with Gasteiger partial charge in [0.1, 0.15) is 0 Å². The molecule has 0 aromatic carbocycles. The molecule has 0 radical (unpaired) electrons. The summed E-state index contributed by atoms with van der Waals surface area (Å²) in [6, 6.07) is 0.327. The lowest BCUT2D eigenvalue weighted by atomic mass is 9.84. The van der Waals surface area contributed by atoms with Gasteiger partial charge in [-0.25, -0.2) is 0 Å². The van der Waals surface area contributed by atoms with Gasteiger partial charge in [-0.3, -0.25) is 4.79 Å². The number of carbonyl (C=O) groups is 1. The molecule has 1 aliphatic carbocycles. The minimum absolute atomic E-state index is 0.0519. The van der Waals surface area contributed by atoms with Crippen LogP contribution in [0.5, 0.6) is 0 Å². The van der Waals surface area contributed by atoms with Crippen molar-refractivity contribution in [3.8, 4) is 0 Å². The van der Waals surface area contributed by atoms with Crippen LogP contribution in [-0.4, -0.2) is 18.5 Å². The van der Waals surface area contributed by atoms with Crippen molar-refractivity contribution in [2.45, 2.75) is 58.4 Å². The molecule has 0 aliphatic heterocycles. The zero-order valence-electron chi connectivity index (χ0n) is 10.7. The number of nitrogens with one attached hydrogen (secondary N) is 1. The fourth-order valence-corrected chi connectivity index (χ4v) is 2.50. The van der Waals surface area contributed by atoms with Crippen molar-refractivity contribution in [1.82, 2.24) is 5.32 Å². The van der Waals surface area contributed by atoms with Crippen LogP contribution >= 0.6 is 0 Å². The Hall–Kier alpha value is -0.570. The van der Waals surface area contributed by atoms with Crippen LogP contribution in [0.1, 0.15) is 52.4 Å². The Morgan fingerprint density at radius 2 is 1.94 bits per heavy atom. The van der Waals surface area contributed by atoms with Gasteiger partial charge in [-0.2, -0.15) is 0 Å². The largest absolute Gasteiger partial charge is 0.353 e. The van der Waals surface area contributed by atoms with Crippen molar-refractivity contribution >= 4 is 5.91 Å². The first kappa shape index (κ1) is 13.5. The molecule has 0 aromatic rings. The highest BCUT2D eigenvalue weighted by molar-refractivity contribution is 5.78. The molecule has 1 aliphatic rings. The SMILES string of the molecule is CC(CCN)C(=O)NC(C)C1CCCCC1. The number of carbonyl (C=O) groups excluding carboxylic acids is 1. The van der Waals surface area contributed by atoms with Crippen molar-refractivity contribution < 1.29 is 4.79 Å². The van der Waals surface area contributed by atoms with Gasteiger partial charge in [0.2, 0.25) is 5.91 Å². The second kappa shape index (κ2) is 6.89. The van der Waals surface area contributed by atoms with E-state index in [1.807, 2.05) is 6.92 Å². The van der Waals surface area contributed by atoms with Crippen molar-refractivity contribution in [2.24, 2.45) is 17.6 Å². The molecule has 3 nitrogen and oxygen atoms in total. The zero-order valence-corrected chi connectivity index (χ0v) is 10.7. The van der Waals surface area contributed by atoms with Crippen LogP contribution in [0.15, 0.2) is 0 Å². The third-order valence-electron chi connectivity index (χ3n) is 3.77. The van der Waals surface area contributed by atoms with E-state index in [9.17, 15) is 4.79 Å². The van der Waals surface area contributed by atoms with Crippen LogP contribution in [-0.2, 0) is 4.79 Å². The molecule has 0 aromatic heterocycles. The van der Waals surface area contributed by atoms with Crippen LogP contribution in [0.25, 0.3) is 0 Å². The highest BCUT2D eigenvalue weighted by Crippen LogP contribution is 2.26. The Morgan fingerprint density at radius 1 is 1.31 bits per heavy atom. The molecule has 0 spiro atoms. The monoisotopic (exact) mass is 226 g/mol. The number of amides is 1. The number of hydrogen-bond acceptors (Lipinski definition) is 2. The average Bonchev–Trinajstić information content (AvgIpc) is 2.30. The summed E-state index contributed by atoms with van der Waals surface area (Å²) >= 11 is 0. The predicted octanol–water partition coefficient (Wildman–Crippen LogP) is 2.06. The van der Waals surface area contributed by atoms with Gasteiger partial charge in [0.25, 0.3) is 0 Å². The fraction of sp³-hybridized carbons (Fsp3) is 0.923. The first-order valence-corrected chi connectivity index (χ1v) is 6.65. The summed E-state index contributed by atoms with van der Waals surface area (Å²) in [4.78, 5) is 11.8. The van der Waals surface area contributed by atoms with E-state index in [-0.39, 0.29) is 11.8 Å². The standard InChI is InChI=1S/C13H26N2O/c1-10(8-9-14)13(16)15-11(2)12-6-4-3-5-7-12/h10-12H,3-9,14H2,1-2H3,(H,15,16). The summed E-state index contributed by atoms with van der Waals surface area (Å²) < 4.78 is 0. The smallest absolute Gasteiger partial charge is 0.223 e. The maximum atomic E-state index is 11.8. The van der Waals surface area contributed by atoms with E-state index in [1.165, 1.54) is 32.1 Å². The van der Waals surface area contributed by atoms with E-state index in [0.717, 1.165) is 6.42 Å². The molecule has 94 valence electrons. The molecular formula is C13H26N2O. The van der Waals surface area contributed by atoms with E-state index in [1.54, 1.807) is 0 Å². The molecule has 1 fully saturated rings. The topological polar surface area (TPSA) is 55.1 Å². The van der Waals surface area contributed by atoms with E-state index in [2.05, 4.69) is 12.2 Å². The number of nitrogens with two attached hydrogens (primary N) is 1. The van der Waals surface area contributed by atoms with Crippen molar-refractivity contribution in [2.75, 3.05) is 6.54 Å². The number of rotatable bonds is 5. The first-order chi connectivity index (χ1) is 7.65. The van der Waals surface area contributed by atoms with Gasteiger partial charge >= 0.3 is 0 Å². The second-order valence-corrected chi connectivity index (χ2v) is 5.17. The van der Waals surface area contributed by atoms with E-state index < -0.39 is 0 Å². The summed E-state index contributed by atoms with van der Waals surface area (Å²) in [5, 5.41) is 3.14. The van der Waals surface area contributed by atoms with E-state index >= 15 is 0 Å². The summed E-state index contributed by atoms with van der Waals surface area (Å²) in [6.45, 7) is 4.69. The molecular weight excluding hydrogens is 200 g/mol. The highest BCUT2D eigenvalue weighted by Gasteiger charge is 2.22. The van der Waals surface area contributed by atoms with Crippen molar-refractivity contribution in [3.63, 3.8) is 0 Å². The fourth-order valence-electron chi connectivity index (χ4n) is 2.50. The minimum Gasteiger partial charge on any atom is -0.353 e. The molecule has 1 saturated carbocycles. The van der Waals surface area contributed by atoms with Crippen LogP contribution < -0.4 is 11.1 Å². The maximum absolute atomic E-state index is 11.8. The molecule has 1 amide bonds. The molecule has 3 N–H and O–H groups in total. The molecule has 2 atom stereocenters. The molecule has 2 unspecified atom stereocenters. The molecule has 0 saturated heterocycles. The highest BCUT2D eigenvalue weighted by atomic mass is 16.1. The predicted molar refractivity (Wildman–Crippen MR) is 67.0 cm³/mol.